The van der Waals surface area contributed by atoms with Gasteiger partial charge in [-0.05, 0) is 43.4 Å². The molecule has 3 heteroatoms. The molecule has 0 amide bonds. The average molecular weight is 253 g/mol. The SMILES string of the molecule is c1ccc2c(CNC3CC3)cc(NC3CC3)nc2c1. The van der Waals surface area contributed by atoms with Gasteiger partial charge in [0.2, 0.25) is 0 Å². The van der Waals surface area contributed by atoms with Crippen molar-refractivity contribution in [2.75, 3.05) is 5.32 Å². The van der Waals surface area contributed by atoms with Gasteiger partial charge in [0.05, 0.1) is 5.52 Å². The number of aromatic nitrogens is 1. The predicted molar refractivity (Wildman–Crippen MR) is 78.2 cm³/mol. The van der Waals surface area contributed by atoms with Crippen LogP contribution < -0.4 is 10.6 Å². The van der Waals surface area contributed by atoms with Crippen LogP contribution in [0.5, 0.6) is 0 Å². The van der Waals surface area contributed by atoms with Gasteiger partial charge in [-0.3, -0.25) is 0 Å². The first-order valence-corrected chi connectivity index (χ1v) is 7.27. The Kier molecular flexibility index (Phi) is 2.66. The minimum Gasteiger partial charge on any atom is -0.367 e. The Balaban J connectivity index is 1.68. The van der Waals surface area contributed by atoms with Crippen molar-refractivity contribution >= 4 is 16.7 Å². The van der Waals surface area contributed by atoms with E-state index in [1.54, 1.807) is 0 Å². The van der Waals surface area contributed by atoms with Gasteiger partial charge >= 0.3 is 0 Å². The first kappa shape index (κ1) is 11.2. The van der Waals surface area contributed by atoms with Gasteiger partial charge in [-0.1, -0.05) is 18.2 Å². The lowest BCUT2D eigenvalue weighted by Gasteiger charge is -2.11. The molecule has 0 spiro atoms. The zero-order chi connectivity index (χ0) is 12.7. The average Bonchev–Trinajstić information content (AvgIpc) is 3.31. The molecule has 0 atom stereocenters. The third kappa shape index (κ3) is 2.56. The number of fused-ring (bicyclic) bond motifs is 1. The molecule has 0 aliphatic heterocycles. The molecule has 2 aliphatic rings. The van der Waals surface area contributed by atoms with E-state index in [-0.39, 0.29) is 0 Å². The van der Waals surface area contributed by atoms with Crippen LogP contribution in [0.1, 0.15) is 31.2 Å². The summed E-state index contributed by atoms with van der Waals surface area (Å²) in [7, 11) is 0. The Bertz CT molecular complexity index is 600. The molecular formula is C16H19N3. The number of para-hydroxylation sites is 1. The summed E-state index contributed by atoms with van der Waals surface area (Å²) in [5.41, 5.74) is 2.46. The monoisotopic (exact) mass is 253 g/mol. The normalized spacial score (nSPS) is 18.7. The number of anilines is 1. The molecule has 1 heterocycles. The first-order valence-electron chi connectivity index (χ1n) is 7.27. The molecule has 1 aromatic carbocycles. The van der Waals surface area contributed by atoms with E-state index in [2.05, 4.69) is 41.0 Å². The van der Waals surface area contributed by atoms with Gasteiger partial charge in [-0.2, -0.15) is 0 Å². The summed E-state index contributed by atoms with van der Waals surface area (Å²) in [6.07, 6.45) is 5.22. The maximum absolute atomic E-state index is 4.72. The quantitative estimate of drug-likeness (QED) is 0.860. The molecule has 2 aliphatic carbocycles. The number of pyridine rings is 1. The van der Waals surface area contributed by atoms with Gasteiger partial charge in [0.1, 0.15) is 5.82 Å². The van der Waals surface area contributed by atoms with Crippen molar-refractivity contribution in [2.45, 2.75) is 44.3 Å². The van der Waals surface area contributed by atoms with Gasteiger partial charge < -0.3 is 10.6 Å². The third-order valence-electron chi connectivity index (χ3n) is 3.89. The van der Waals surface area contributed by atoms with Gasteiger partial charge in [0, 0.05) is 24.0 Å². The summed E-state index contributed by atoms with van der Waals surface area (Å²) in [6.45, 7) is 0.951. The summed E-state index contributed by atoms with van der Waals surface area (Å²) in [4.78, 5) is 4.72. The van der Waals surface area contributed by atoms with Crippen molar-refractivity contribution in [1.82, 2.24) is 10.3 Å². The lowest BCUT2D eigenvalue weighted by atomic mass is 10.1. The highest BCUT2D eigenvalue weighted by molar-refractivity contribution is 5.84. The van der Waals surface area contributed by atoms with Crippen LogP contribution in [0.4, 0.5) is 5.82 Å². The Morgan fingerprint density at radius 3 is 2.63 bits per heavy atom. The van der Waals surface area contributed by atoms with E-state index in [0.717, 1.165) is 23.9 Å². The molecule has 4 rings (SSSR count). The molecule has 0 radical (unpaired) electrons. The van der Waals surface area contributed by atoms with Gasteiger partial charge in [0.25, 0.3) is 0 Å². The fourth-order valence-corrected chi connectivity index (χ4v) is 2.45. The molecular weight excluding hydrogens is 234 g/mol. The highest BCUT2D eigenvalue weighted by atomic mass is 15.0. The Labute approximate surface area is 113 Å². The second-order valence-corrected chi connectivity index (χ2v) is 5.76. The molecule has 2 aromatic rings. The van der Waals surface area contributed by atoms with Crippen molar-refractivity contribution in [3.63, 3.8) is 0 Å². The predicted octanol–water partition coefficient (Wildman–Crippen LogP) is 3.06. The maximum Gasteiger partial charge on any atom is 0.127 e. The molecule has 0 saturated heterocycles. The Morgan fingerprint density at radius 1 is 1.05 bits per heavy atom. The third-order valence-corrected chi connectivity index (χ3v) is 3.89. The molecule has 2 fully saturated rings. The minimum atomic E-state index is 0.651. The summed E-state index contributed by atoms with van der Waals surface area (Å²) in [5.74, 6) is 1.04. The number of nitrogens with one attached hydrogen (secondary N) is 2. The van der Waals surface area contributed by atoms with E-state index in [1.807, 2.05) is 0 Å². The fourth-order valence-electron chi connectivity index (χ4n) is 2.45. The lowest BCUT2D eigenvalue weighted by Crippen LogP contribution is -2.16. The van der Waals surface area contributed by atoms with E-state index < -0.39 is 0 Å². The maximum atomic E-state index is 4.72. The molecule has 1 aromatic heterocycles. The standard InChI is InChI=1S/C16H19N3/c1-2-4-15-14(3-1)11(10-17-12-5-6-12)9-16(19-15)18-13-7-8-13/h1-4,9,12-13,17H,5-8,10H2,(H,18,19). The van der Waals surface area contributed by atoms with Crippen LogP contribution in [-0.2, 0) is 6.54 Å². The van der Waals surface area contributed by atoms with Gasteiger partial charge in [-0.15, -0.1) is 0 Å². The summed E-state index contributed by atoms with van der Waals surface area (Å²) in [5, 5.41) is 8.39. The smallest absolute Gasteiger partial charge is 0.127 e. The Morgan fingerprint density at radius 2 is 1.84 bits per heavy atom. The second kappa shape index (κ2) is 4.49. The molecule has 3 nitrogen and oxygen atoms in total. The van der Waals surface area contributed by atoms with Crippen LogP contribution in [0.15, 0.2) is 30.3 Å². The topological polar surface area (TPSA) is 37.0 Å². The summed E-state index contributed by atoms with van der Waals surface area (Å²) < 4.78 is 0. The fraction of sp³-hybridized carbons (Fsp3) is 0.438. The molecule has 19 heavy (non-hydrogen) atoms. The van der Waals surface area contributed by atoms with Crippen molar-refractivity contribution in [1.29, 1.82) is 0 Å². The van der Waals surface area contributed by atoms with Crippen LogP contribution in [0.25, 0.3) is 10.9 Å². The van der Waals surface area contributed by atoms with Crippen molar-refractivity contribution in [2.24, 2.45) is 0 Å². The largest absolute Gasteiger partial charge is 0.367 e. The van der Waals surface area contributed by atoms with E-state index >= 15 is 0 Å². The number of benzene rings is 1. The summed E-state index contributed by atoms with van der Waals surface area (Å²) in [6, 6.07) is 12.1. The van der Waals surface area contributed by atoms with Crippen LogP contribution in [-0.4, -0.2) is 17.1 Å². The molecule has 2 saturated carbocycles. The van der Waals surface area contributed by atoms with E-state index in [4.69, 9.17) is 4.98 Å². The van der Waals surface area contributed by atoms with Crippen LogP contribution in [0.3, 0.4) is 0 Å². The van der Waals surface area contributed by atoms with Crippen molar-refractivity contribution in [3.05, 3.63) is 35.9 Å². The number of rotatable bonds is 5. The first-order chi connectivity index (χ1) is 9.38. The number of nitrogens with zero attached hydrogens (tertiary/aromatic N) is 1. The van der Waals surface area contributed by atoms with Gasteiger partial charge in [-0.25, -0.2) is 4.98 Å². The van der Waals surface area contributed by atoms with Crippen molar-refractivity contribution in [3.8, 4) is 0 Å². The van der Waals surface area contributed by atoms with Crippen molar-refractivity contribution < 1.29 is 0 Å². The molecule has 0 bridgehead atoms. The van der Waals surface area contributed by atoms with E-state index in [0.29, 0.717) is 6.04 Å². The zero-order valence-electron chi connectivity index (χ0n) is 11.0. The zero-order valence-corrected chi connectivity index (χ0v) is 11.0. The highest BCUT2D eigenvalue weighted by Crippen LogP contribution is 2.27. The lowest BCUT2D eigenvalue weighted by molar-refractivity contribution is 0.690. The van der Waals surface area contributed by atoms with Gasteiger partial charge in [0.15, 0.2) is 0 Å². The minimum absolute atomic E-state index is 0.651. The molecule has 0 unspecified atom stereocenters. The highest BCUT2D eigenvalue weighted by Gasteiger charge is 2.23. The van der Waals surface area contributed by atoms with Crippen LogP contribution in [0, 0.1) is 0 Å². The molecule has 2 N–H and O–H groups in total. The number of hydrogen-bond acceptors (Lipinski definition) is 3. The van der Waals surface area contributed by atoms with E-state index in [9.17, 15) is 0 Å². The van der Waals surface area contributed by atoms with E-state index in [1.165, 1.54) is 36.6 Å². The molecule has 98 valence electrons. The second-order valence-electron chi connectivity index (χ2n) is 5.76. The van der Waals surface area contributed by atoms with Crippen LogP contribution in [0.2, 0.25) is 0 Å². The van der Waals surface area contributed by atoms with Crippen LogP contribution >= 0.6 is 0 Å². The summed E-state index contributed by atoms with van der Waals surface area (Å²) >= 11 is 0. The number of hydrogen-bond donors (Lipinski definition) is 2. The Hall–Kier alpha value is -1.61.